The number of aliphatic carboxylic acids is 1. The number of benzene rings is 2. The maximum absolute atomic E-state index is 13.2. The number of carbonyl (C=O) groups is 2. The van der Waals surface area contributed by atoms with E-state index in [2.05, 4.69) is 6.58 Å². The maximum Gasteiger partial charge on any atom is 0.330 e. The first kappa shape index (κ1) is 39.4. The summed E-state index contributed by atoms with van der Waals surface area (Å²) in [5.41, 5.74) is 1.78. The molecule has 0 aliphatic heterocycles. The van der Waals surface area contributed by atoms with Crippen LogP contribution in [0.2, 0.25) is 0 Å². The number of aliphatic hydroxyl groups excluding tert-OH is 2. The van der Waals surface area contributed by atoms with Gasteiger partial charge in [-0.15, -0.1) is 0 Å². The van der Waals surface area contributed by atoms with Crippen molar-refractivity contribution in [1.29, 1.82) is 0 Å². The van der Waals surface area contributed by atoms with Crippen molar-refractivity contribution >= 4 is 31.1 Å². The average Bonchev–Trinajstić information content (AvgIpc) is 3.00. The molecule has 2 rings (SSSR count). The summed E-state index contributed by atoms with van der Waals surface area (Å²) in [5, 5.41) is 25.6. The van der Waals surface area contributed by atoms with Crippen LogP contribution in [-0.4, -0.2) is 78.6 Å². The van der Waals surface area contributed by atoms with Gasteiger partial charge in [0, 0.05) is 48.9 Å². The van der Waals surface area contributed by atoms with E-state index in [4.69, 9.17) is 33.8 Å². The van der Waals surface area contributed by atoms with Crippen LogP contribution in [0.1, 0.15) is 67.6 Å². The Bertz CT molecular complexity index is 1130. The number of carboxylic acid groups (broad SMARTS) is 1. The van der Waals surface area contributed by atoms with Gasteiger partial charge in [-0.1, -0.05) is 18.7 Å². The van der Waals surface area contributed by atoms with E-state index < -0.39 is 13.6 Å². The average molecular weight is 655 g/mol. The number of carboxylic acids is 1. The zero-order chi connectivity index (χ0) is 32.8. The van der Waals surface area contributed by atoms with Gasteiger partial charge < -0.3 is 33.8 Å². The quantitative estimate of drug-likeness (QED) is 0.0549. The lowest BCUT2D eigenvalue weighted by Gasteiger charge is -2.19. The molecule has 12 heteroatoms. The Hall–Kier alpha value is -2.66. The largest absolute Gasteiger partial charge is 0.494 e. The van der Waals surface area contributed by atoms with E-state index in [1.165, 1.54) is 6.92 Å². The number of carbonyl (C=O) groups excluding carboxylic acids is 1. The van der Waals surface area contributed by atoms with E-state index in [9.17, 15) is 14.2 Å². The van der Waals surface area contributed by atoms with Gasteiger partial charge in [0.25, 0.3) is 0 Å². The maximum atomic E-state index is 13.2. The Labute approximate surface area is 265 Å². The molecule has 0 bridgehead atoms. The van der Waals surface area contributed by atoms with Crippen LogP contribution < -0.4 is 9.47 Å². The second kappa shape index (κ2) is 22.8. The molecule has 2 aromatic carbocycles. The second-order valence-corrected chi connectivity index (χ2v) is 13.0. The van der Waals surface area contributed by atoms with E-state index in [1.54, 1.807) is 49.9 Å². The van der Waals surface area contributed by atoms with Gasteiger partial charge in [0.15, 0.2) is 5.78 Å². The number of Topliss-reactive ketones (excluding diaryl/α,β-unsaturated/α-hetero) is 1. The highest BCUT2D eigenvalue weighted by atomic mass is 32.2. The number of thioether (sulfide) groups is 1. The topological polar surface area (TPSA) is 149 Å². The summed E-state index contributed by atoms with van der Waals surface area (Å²) in [6.07, 6.45) is 2.38. The van der Waals surface area contributed by atoms with E-state index in [-0.39, 0.29) is 29.8 Å². The number of aliphatic hydroxyl groups is 2. The molecule has 0 saturated heterocycles. The lowest BCUT2D eigenvalue weighted by atomic mass is 10.0. The Kier molecular flexibility index (Phi) is 20.4. The van der Waals surface area contributed by atoms with E-state index in [0.29, 0.717) is 81.1 Å². The minimum Gasteiger partial charge on any atom is -0.494 e. The molecule has 44 heavy (non-hydrogen) atoms. The van der Waals surface area contributed by atoms with Crippen molar-refractivity contribution in [1.82, 2.24) is 0 Å². The van der Waals surface area contributed by atoms with Crippen molar-refractivity contribution in [2.45, 2.75) is 51.7 Å². The molecule has 246 valence electrons. The Morgan fingerprint density at radius 2 is 1.34 bits per heavy atom. The third kappa shape index (κ3) is 16.4. The molecule has 0 spiro atoms. The fraction of sp³-hybridized carbons (Fsp3) is 0.500. The monoisotopic (exact) mass is 654 g/mol. The molecule has 2 aromatic rings. The summed E-state index contributed by atoms with van der Waals surface area (Å²) in [4.78, 5) is 22.8. The van der Waals surface area contributed by atoms with Crippen molar-refractivity contribution < 1.29 is 48.0 Å². The Balaban J connectivity index is 0.00000146. The minimum atomic E-state index is -3.10. The number of hydrogen-bond acceptors (Lipinski definition) is 10. The molecular formula is C32H47O10PS. The van der Waals surface area contributed by atoms with E-state index in [1.807, 2.05) is 24.3 Å². The Morgan fingerprint density at radius 1 is 0.864 bits per heavy atom. The van der Waals surface area contributed by atoms with Gasteiger partial charge in [-0.3, -0.25) is 9.36 Å². The third-order valence-electron chi connectivity index (χ3n) is 5.85. The summed E-state index contributed by atoms with van der Waals surface area (Å²) in [5.74, 6) is 1.14. The standard InChI is InChI=1S/C28H41O8PS.C4H6O2/c1-3-35-37(32,36-4-2)20-7-21-38-28(24-10-14-26(15-11-24)34-19-6-17-30)22-27(31)23-8-12-25(13-9-23)33-18-5-16-29;1-3(2)4(5)6/h8-15,28-30H,3-7,16-22H2,1-2H3;1H2,2H3,(H,5,6). The lowest BCUT2D eigenvalue weighted by molar-refractivity contribution is -0.132. The molecule has 0 fully saturated rings. The van der Waals surface area contributed by atoms with Gasteiger partial charge in [0.2, 0.25) is 0 Å². The van der Waals surface area contributed by atoms with Crippen molar-refractivity contribution in [3.05, 3.63) is 71.8 Å². The third-order valence-corrected chi connectivity index (χ3v) is 9.39. The summed E-state index contributed by atoms with van der Waals surface area (Å²) in [7, 11) is -3.10. The van der Waals surface area contributed by atoms with Gasteiger partial charge >= 0.3 is 13.6 Å². The number of ketones is 1. The van der Waals surface area contributed by atoms with Gasteiger partial charge in [-0.2, -0.15) is 11.8 Å². The minimum absolute atomic E-state index is 0.0157. The van der Waals surface area contributed by atoms with Crippen LogP contribution in [0, 0.1) is 0 Å². The predicted molar refractivity (Wildman–Crippen MR) is 174 cm³/mol. The molecule has 1 atom stereocenters. The van der Waals surface area contributed by atoms with Crippen LogP contribution >= 0.6 is 19.4 Å². The van der Waals surface area contributed by atoms with Crippen molar-refractivity contribution in [3.8, 4) is 11.5 Å². The summed E-state index contributed by atoms with van der Waals surface area (Å²) in [6.45, 7) is 9.87. The number of ether oxygens (including phenoxy) is 2. The molecule has 10 nitrogen and oxygen atoms in total. The highest BCUT2D eigenvalue weighted by Crippen LogP contribution is 2.49. The van der Waals surface area contributed by atoms with Crippen LogP contribution in [0.15, 0.2) is 60.7 Å². The Morgan fingerprint density at radius 3 is 1.77 bits per heavy atom. The molecule has 0 amide bonds. The van der Waals surface area contributed by atoms with Crippen molar-refractivity contribution in [2.24, 2.45) is 0 Å². The van der Waals surface area contributed by atoms with Gasteiger partial charge in [-0.05, 0) is 74.9 Å². The van der Waals surface area contributed by atoms with Gasteiger partial charge in [0.05, 0.1) is 32.6 Å². The molecule has 0 heterocycles. The highest BCUT2D eigenvalue weighted by molar-refractivity contribution is 7.99. The van der Waals surface area contributed by atoms with Crippen LogP contribution in [0.3, 0.4) is 0 Å². The summed E-state index contributed by atoms with van der Waals surface area (Å²) >= 11 is 1.64. The van der Waals surface area contributed by atoms with Crippen molar-refractivity contribution in [2.75, 3.05) is 51.6 Å². The number of hydrogen-bond donors (Lipinski definition) is 3. The van der Waals surface area contributed by atoms with Crippen molar-refractivity contribution in [3.63, 3.8) is 0 Å². The van der Waals surface area contributed by atoms with Crippen LogP contribution in [-0.2, 0) is 18.4 Å². The second-order valence-electron chi connectivity index (χ2n) is 9.54. The molecule has 1 unspecified atom stereocenters. The fourth-order valence-corrected chi connectivity index (χ4v) is 6.72. The van der Waals surface area contributed by atoms with Crippen LogP contribution in [0.5, 0.6) is 11.5 Å². The SMILES string of the molecule is C=C(C)C(=O)O.CCOP(=O)(CCCSC(CC(=O)c1ccc(OCCCO)cc1)c1ccc(OCCCO)cc1)OCC. The smallest absolute Gasteiger partial charge is 0.330 e. The first-order valence-corrected chi connectivity index (χ1v) is 17.5. The first-order valence-electron chi connectivity index (χ1n) is 14.7. The molecule has 0 aliphatic rings. The zero-order valence-corrected chi connectivity index (χ0v) is 27.7. The summed E-state index contributed by atoms with van der Waals surface area (Å²) in [6, 6.07) is 14.7. The normalized spacial score (nSPS) is 11.7. The lowest BCUT2D eigenvalue weighted by Crippen LogP contribution is -2.07. The van der Waals surface area contributed by atoms with Crippen LogP contribution in [0.4, 0.5) is 0 Å². The van der Waals surface area contributed by atoms with Crippen LogP contribution in [0.25, 0.3) is 0 Å². The molecular weight excluding hydrogens is 607 g/mol. The summed E-state index contributed by atoms with van der Waals surface area (Å²) < 4.78 is 34.8. The van der Waals surface area contributed by atoms with E-state index >= 15 is 0 Å². The predicted octanol–water partition coefficient (Wildman–Crippen LogP) is 6.56. The fourth-order valence-electron chi connectivity index (χ4n) is 3.63. The van der Waals surface area contributed by atoms with Gasteiger partial charge in [0.1, 0.15) is 11.5 Å². The molecule has 3 N–H and O–H groups in total. The van der Waals surface area contributed by atoms with E-state index in [0.717, 1.165) is 5.56 Å². The molecule has 0 saturated carbocycles. The zero-order valence-electron chi connectivity index (χ0n) is 25.9. The number of rotatable bonds is 22. The molecule has 0 radical (unpaired) electrons. The first-order chi connectivity index (χ1) is 21.1. The molecule has 0 aliphatic carbocycles. The van der Waals surface area contributed by atoms with Gasteiger partial charge in [-0.25, -0.2) is 4.79 Å². The molecule has 0 aromatic heterocycles. The highest BCUT2D eigenvalue weighted by Gasteiger charge is 2.24.